The number of hydrogen-bond donors (Lipinski definition) is 1. The predicted octanol–water partition coefficient (Wildman–Crippen LogP) is 6.04. The molecule has 0 unspecified atom stereocenters. The van der Waals surface area contributed by atoms with Crippen molar-refractivity contribution in [1.29, 1.82) is 0 Å². The maximum Gasteiger partial charge on any atom is 0.336 e. The quantitative estimate of drug-likeness (QED) is 0.305. The Labute approximate surface area is 200 Å². The first-order valence-corrected chi connectivity index (χ1v) is 11.1. The molecule has 3 aromatic carbocycles. The van der Waals surface area contributed by atoms with Crippen LogP contribution in [0.25, 0.3) is 33.3 Å². The van der Waals surface area contributed by atoms with Crippen LogP contribution in [-0.4, -0.2) is 20.1 Å². The lowest BCUT2D eigenvalue weighted by atomic mass is 10.0. The molecular formula is C28H23NO6. The number of amides is 1. The first-order chi connectivity index (χ1) is 17.0. The second-order valence-electron chi connectivity index (χ2n) is 7.99. The fourth-order valence-corrected chi connectivity index (χ4v) is 4.14. The molecule has 0 bridgehead atoms. The molecule has 0 aliphatic heterocycles. The van der Waals surface area contributed by atoms with Crippen molar-refractivity contribution in [2.24, 2.45) is 0 Å². The Morgan fingerprint density at radius 2 is 1.63 bits per heavy atom. The van der Waals surface area contributed by atoms with Gasteiger partial charge in [-0.05, 0) is 54.4 Å². The van der Waals surface area contributed by atoms with Crippen molar-refractivity contribution >= 4 is 33.5 Å². The minimum Gasteiger partial charge on any atom is -0.493 e. The zero-order valence-electron chi connectivity index (χ0n) is 19.5. The van der Waals surface area contributed by atoms with E-state index >= 15 is 0 Å². The van der Waals surface area contributed by atoms with Gasteiger partial charge >= 0.3 is 5.63 Å². The number of furan rings is 1. The van der Waals surface area contributed by atoms with E-state index in [9.17, 15) is 9.59 Å². The zero-order chi connectivity index (χ0) is 24.5. The third kappa shape index (κ3) is 4.01. The molecule has 0 spiro atoms. The molecule has 5 aromatic rings. The van der Waals surface area contributed by atoms with Crippen LogP contribution in [0.5, 0.6) is 11.5 Å². The Kier molecular flexibility index (Phi) is 5.74. The molecule has 7 heteroatoms. The topological polar surface area (TPSA) is 90.9 Å². The molecule has 0 atom stereocenters. The number of hydrogen-bond acceptors (Lipinski definition) is 6. The normalized spacial score (nSPS) is 11.1. The average molecular weight is 469 g/mol. The fourth-order valence-electron chi connectivity index (χ4n) is 4.14. The number of carbonyl (C=O) groups excluding carboxylic acids is 1. The van der Waals surface area contributed by atoms with Crippen LogP contribution in [0.2, 0.25) is 0 Å². The van der Waals surface area contributed by atoms with Crippen LogP contribution in [0, 0.1) is 0 Å². The Bertz CT molecular complexity index is 1630. The zero-order valence-corrected chi connectivity index (χ0v) is 19.5. The molecular weight excluding hydrogens is 446 g/mol. The number of ether oxygens (including phenoxy) is 2. The molecule has 0 radical (unpaired) electrons. The van der Waals surface area contributed by atoms with Gasteiger partial charge in [0.1, 0.15) is 11.2 Å². The van der Waals surface area contributed by atoms with E-state index in [0.29, 0.717) is 50.6 Å². The van der Waals surface area contributed by atoms with Crippen molar-refractivity contribution in [2.75, 3.05) is 19.5 Å². The van der Waals surface area contributed by atoms with E-state index in [-0.39, 0.29) is 5.91 Å². The predicted molar refractivity (Wildman–Crippen MR) is 135 cm³/mol. The van der Waals surface area contributed by atoms with Gasteiger partial charge in [-0.25, -0.2) is 4.79 Å². The van der Waals surface area contributed by atoms with E-state index in [1.165, 1.54) is 20.3 Å². The number of carbonyl (C=O) groups is 1. The van der Waals surface area contributed by atoms with Gasteiger partial charge in [-0.2, -0.15) is 0 Å². The highest BCUT2D eigenvalue weighted by Gasteiger charge is 2.22. The Hall–Kier alpha value is -4.52. The molecule has 0 saturated heterocycles. The molecule has 0 fully saturated rings. The third-order valence-corrected chi connectivity index (χ3v) is 5.94. The minimum atomic E-state index is -0.505. The standard InChI is InChI=1S/C28H23NO6/c1-4-16-9-11-22-19(13-16)20(15-25(30)34-22)27-26(18-7-5-6-8-21(18)35-27)29-28(31)17-10-12-23(32-2)24(14-17)33-3/h5-15H,4H2,1-3H3,(H,29,31). The smallest absolute Gasteiger partial charge is 0.336 e. The lowest BCUT2D eigenvalue weighted by Crippen LogP contribution is -2.12. The lowest BCUT2D eigenvalue weighted by molar-refractivity contribution is 0.102. The van der Waals surface area contributed by atoms with Gasteiger partial charge in [0.2, 0.25) is 0 Å². The van der Waals surface area contributed by atoms with Crippen molar-refractivity contribution in [3.63, 3.8) is 0 Å². The first kappa shape index (κ1) is 22.3. The highest BCUT2D eigenvalue weighted by molar-refractivity contribution is 6.13. The van der Waals surface area contributed by atoms with Crippen molar-refractivity contribution in [2.45, 2.75) is 13.3 Å². The second-order valence-corrected chi connectivity index (χ2v) is 7.99. The average Bonchev–Trinajstić information content (AvgIpc) is 3.25. The van der Waals surface area contributed by atoms with Gasteiger partial charge in [0.05, 0.1) is 19.9 Å². The summed E-state index contributed by atoms with van der Waals surface area (Å²) in [4.78, 5) is 25.7. The summed E-state index contributed by atoms with van der Waals surface area (Å²) in [6.45, 7) is 2.05. The summed E-state index contributed by atoms with van der Waals surface area (Å²) in [5.74, 6) is 0.982. The summed E-state index contributed by atoms with van der Waals surface area (Å²) < 4.78 is 22.2. The SMILES string of the molecule is CCc1ccc2oc(=O)cc(-c3oc4ccccc4c3NC(=O)c3ccc(OC)c(OC)c3)c2c1. The van der Waals surface area contributed by atoms with Gasteiger partial charge < -0.3 is 23.6 Å². The largest absolute Gasteiger partial charge is 0.493 e. The summed E-state index contributed by atoms with van der Waals surface area (Å²) in [5, 5.41) is 4.43. The van der Waals surface area contributed by atoms with Crippen molar-refractivity contribution < 1.29 is 23.1 Å². The van der Waals surface area contributed by atoms with E-state index < -0.39 is 5.63 Å². The molecule has 2 aromatic heterocycles. The Balaban J connectivity index is 1.68. The monoisotopic (exact) mass is 469 g/mol. The van der Waals surface area contributed by atoms with Crippen LogP contribution >= 0.6 is 0 Å². The highest BCUT2D eigenvalue weighted by Crippen LogP contribution is 2.41. The van der Waals surface area contributed by atoms with Gasteiger partial charge in [-0.3, -0.25) is 4.79 Å². The summed E-state index contributed by atoms with van der Waals surface area (Å²) in [6.07, 6.45) is 0.817. The van der Waals surface area contributed by atoms with Crippen molar-refractivity contribution in [3.8, 4) is 22.8 Å². The Morgan fingerprint density at radius 3 is 2.40 bits per heavy atom. The van der Waals surface area contributed by atoms with Crippen molar-refractivity contribution in [3.05, 3.63) is 88.3 Å². The van der Waals surface area contributed by atoms with E-state index in [4.69, 9.17) is 18.3 Å². The summed E-state index contributed by atoms with van der Waals surface area (Å²) in [7, 11) is 3.05. The number of anilines is 1. The maximum absolute atomic E-state index is 13.3. The maximum atomic E-state index is 13.3. The molecule has 1 amide bonds. The van der Waals surface area contributed by atoms with Gasteiger partial charge in [0, 0.05) is 28.0 Å². The van der Waals surface area contributed by atoms with Gasteiger partial charge in [0.15, 0.2) is 17.3 Å². The third-order valence-electron chi connectivity index (χ3n) is 5.94. The number of para-hydroxylation sites is 1. The number of nitrogens with one attached hydrogen (secondary N) is 1. The highest BCUT2D eigenvalue weighted by atomic mass is 16.5. The number of aryl methyl sites for hydroxylation is 1. The molecule has 1 N–H and O–H groups in total. The summed E-state index contributed by atoms with van der Waals surface area (Å²) >= 11 is 0. The first-order valence-electron chi connectivity index (χ1n) is 11.1. The van der Waals surface area contributed by atoms with Gasteiger partial charge in [0.25, 0.3) is 5.91 Å². The second kappa shape index (κ2) is 9.02. The van der Waals surface area contributed by atoms with E-state index in [0.717, 1.165) is 17.4 Å². The fraction of sp³-hybridized carbons (Fsp3) is 0.143. The molecule has 2 heterocycles. The van der Waals surface area contributed by atoms with Crippen LogP contribution in [0.1, 0.15) is 22.8 Å². The van der Waals surface area contributed by atoms with Gasteiger partial charge in [-0.15, -0.1) is 0 Å². The van der Waals surface area contributed by atoms with Crippen LogP contribution in [0.4, 0.5) is 5.69 Å². The van der Waals surface area contributed by atoms with Gasteiger partial charge in [-0.1, -0.05) is 25.1 Å². The number of benzene rings is 3. The van der Waals surface area contributed by atoms with E-state index in [2.05, 4.69) is 12.2 Å². The number of fused-ring (bicyclic) bond motifs is 2. The van der Waals surface area contributed by atoms with E-state index in [1.807, 2.05) is 36.4 Å². The molecule has 0 aliphatic rings. The summed E-state index contributed by atoms with van der Waals surface area (Å²) in [5.41, 5.74) is 3.00. The molecule has 5 rings (SSSR count). The molecule has 35 heavy (non-hydrogen) atoms. The van der Waals surface area contributed by atoms with E-state index in [1.54, 1.807) is 24.3 Å². The number of methoxy groups -OCH3 is 2. The molecule has 176 valence electrons. The molecule has 7 nitrogen and oxygen atoms in total. The minimum absolute atomic E-state index is 0.361. The van der Waals surface area contributed by atoms with Crippen molar-refractivity contribution in [1.82, 2.24) is 0 Å². The molecule has 0 saturated carbocycles. The van der Waals surface area contributed by atoms with Crippen LogP contribution in [0.3, 0.4) is 0 Å². The number of rotatable bonds is 6. The molecule has 0 aliphatic carbocycles. The lowest BCUT2D eigenvalue weighted by Gasteiger charge is -2.11. The van der Waals surface area contributed by atoms with Crippen LogP contribution in [-0.2, 0) is 6.42 Å². The summed E-state index contributed by atoms with van der Waals surface area (Å²) in [6, 6.07) is 19.4. The van der Waals surface area contributed by atoms with Crippen LogP contribution < -0.4 is 20.4 Å². The Morgan fingerprint density at radius 1 is 0.857 bits per heavy atom. The van der Waals surface area contributed by atoms with Crippen LogP contribution in [0.15, 0.2) is 80.4 Å².